The van der Waals surface area contributed by atoms with Crippen LogP contribution in [-0.4, -0.2) is 53.5 Å². The molecule has 3 heterocycles. The molecule has 1 aliphatic heterocycles. The summed E-state index contributed by atoms with van der Waals surface area (Å²) in [5, 5.41) is 4.01. The van der Waals surface area contributed by atoms with Crippen LogP contribution in [0.1, 0.15) is 30.7 Å². The molecule has 0 aromatic carbocycles. The summed E-state index contributed by atoms with van der Waals surface area (Å²) in [5.41, 5.74) is 5.75. The van der Waals surface area contributed by atoms with Crippen molar-refractivity contribution < 1.29 is 0 Å². The number of aromatic nitrogens is 3. The zero-order valence-corrected chi connectivity index (χ0v) is 17.9. The van der Waals surface area contributed by atoms with Crippen molar-refractivity contribution in [2.75, 3.05) is 31.5 Å². The predicted octanol–water partition coefficient (Wildman–Crippen LogP) is 3.82. The molecule has 140 valence electrons. The van der Waals surface area contributed by atoms with Crippen LogP contribution in [0.2, 0.25) is 24.8 Å². The number of anilines is 1. The molecule has 5 nitrogen and oxygen atoms in total. The molecule has 0 unspecified atom stereocenters. The summed E-state index contributed by atoms with van der Waals surface area (Å²) in [6, 6.07) is 0. The van der Waals surface area contributed by atoms with Crippen molar-refractivity contribution in [3.8, 4) is 11.5 Å². The topological polar surface area (TPSA) is 45.5 Å². The average molecular weight is 390 g/mol. The van der Waals surface area contributed by atoms with Crippen molar-refractivity contribution in [3.05, 3.63) is 22.7 Å². The molecule has 0 atom stereocenters. The number of likely N-dealkylation sites (tertiary alicyclic amines) is 1. The SMILES string of the molecule is Cc1cnc2c(NCCN3CCCCC3)nc(C#C[Si](C)(C)C)c(Cl)n12. The second-order valence-electron chi connectivity index (χ2n) is 7.99. The maximum atomic E-state index is 6.58. The van der Waals surface area contributed by atoms with Crippen LogP contribution < -0.4 is 5.32 Å². The normalized spacial score (nSPS) is 15.7. The highest BCUT2D eigenvalue weighted by molar-refractivity contribution is 6.83. The van der Waals surface area contributed by atoms with Gasteiger partial charge in [0.05, 0.1) is 0 Å². The van der Waals surface area contributed by atoms with Gasteiger partial charge in [-0.15, -0.1) is 5.54 Å². The Morgan fingerprint density at radius 3 is 2.65 bits per heavy atom. The number of piperidine rings is 1. The van der Waals surface area contributed by atoms with Gasteiger partial charge in [0.15, 0.2) is 17.2 Å². The van der Waals surface area contributed by atoms with Crippen LogP contribution in [0.15, 0.2) is 6.20 Å². The van der Waals surface area contributed by atoms with Crippen LogP contribution in [0, 0.1) is 18.4 Å². The standard InChI is InChI=1S/C19H28ClN5Si/c1-15-14-22-19-18(21-9-12-24-10-6-5-7-11-24)23-16(17(20)25(15)19)8-13-26(2,3)4/h14H,5-7,9-12H2,1-4H3,(H,21,23). The lowest BCUT2D eigenvalue weighted by atomic mass is 10.1. The third-order valence-electron chi connectivity index (χ3n) is 4.49. The van der Waals surface area contributed by atoms with E-state index in [9.17, 15) is 0 Å². The van der Waals surface area contributed by atoms with Crippen molar-refractivity contribution in [1.29, 1.82) is 0 Å². The molecule has 0 amide bonds. The molecule has 0 bridgehead atoms. The quantitative estimate of drug-likeness (QED) is 0.637. The number of fused-ring (bicyclic) bond motifs is 1. The Morgan fingerprint density at radius 1 is 1.23 bits per heavy atom. The summed E-state index contributed by atoms with van der Waals surface area (Å²) in [7, 11) is -1.50. The van der Waals surface area contributed by atoms with Crippen molar-refractivity contribution >= 4 is 31.1 Å². The molecular formula is C19H28ClN5Si. The highest BCUT2D eigenvalue weighted by atomic mass is 35.5. The van der Waals surface area contributed by atoms with Crippen LogP contribution in [0.5, 0.6) is 0 Å². The summed E-state index contributed by atoms with van der Waals surface area (Å²) < 4.78 is 1.94. The van der Waals surface area contributed by atoms with Crippen molar-refractivity contribution in [2.45, 2.75) is 45.8 Å². The predicted molar refractivity (Wildman–Crippen MR) is 112 cm³/mol. The van der Waals surface area contributed by atoms with Gasteiger partial charge in [-0.1, -0.05) is 43.6 Å². The van der Waals surface area contributed by atoms with Gasteiger partial charge in [0.1, 0.15) is 13.2 Å². The molecule has 2 aromatic rings. The summed E-state index contributed by atoms with van der Waals surface area (Å²) in [5.74, 6) is 3.98. The van der Waals surface area contributed by atoms with Gasteiger partial charge >= 0.3 is 0 Å². The number of hydrogen-bond acceptors (Lipinski definition) is 4. The van der Waals surface area contributed by atoms with E-state index in [2.05, 4.69) is 46.3 Å². The Balaban J connectivity index is 1.85. The fourth-order valence-corrected chi connectivity index (χ4v) is 3.92. The first-order valence-electron chi connectivity index (χ1n) is 9.38. The Labute approximate surface area is 162 Å². The van der Waals surface area contributed by atoms with E-state index in [0.29, 0.717) is 10.8 Å². The van der Waals surface area contributed by atoms with Gasteiger partial charge in [0.25, 0.3) is 0 Å². The van der Waals surface area contributed by atoms with Crippen molar-refractivity contribution in [3.63, 3.8) is 0 Å². The van der Waals surface area contributed by atoms with Gasteiger partial charge in [-0.3, -0.25) is 4.40 Å². The first kappa shape index (κ1) is 19.2. The third kappa shape index (κ3) is 4.59. The molecule has 1 aliphatic rings. The minimum Gasteiger partial charge on any atom is -0.366 e. The summed E-state index contributed by atoms with van der Waals surface area (Å²) in [6.07, 6.45) is 5.79. The summed E-state index contributed by atoms with van der Waals surface area (Å²) in [4.78, 5) is 11.7. The largest absolute Gasteiger partial charge is 0.366 e. The molecule has 0 saturated carbocycles. The van der Waals surface area contributed by atoms with E-state index in [-0.39, 0.29) is 0 Å². The molecule has 0 spiro atoms. The number of nitrogens with one attached hydrogen (secondary N) is 1. The maximum absolute atomic E-state index is 6.58. The lowest BCUT2D eigenvalue weighted by Gasteiger charge is -2.26. The van der Waals surface area contributed by atoms with E-state index in [0.717, 1.165) is 30.2 Å². The van der Waals surface area contributed by atoms with Crippen molar-refractivity contribution in [2.24, 2.45) is 0 Å². The van der Waals surface area contributed by atoms with E-state index >= 15 is 0 Å². The molecule has 1 N–H and O–H groups in total. The summed E-state index contributed by atoms with van der Waals surface area (Å²) >= 11 is 6.58. The van der Waals surface area contributed by atoms with Crippen molar-refractivity contribution in [1.82, 2.24) is 19.3 Å². The molecule has 1 fully saturated rings. The fourth-order valence-electron chi connectivity index (χ4n) is 3.13. The van der Waals surface area contributed by atoms with Gasteiger partial charge in [-0.2, -0.15) is 0 Å². The molecule has 3 rings (SSSR count). The van der Waals surface area contributed by atoms with Crippen LogP contribution >= 0.6 is 11.6 Å². The number of imidazole rings is 1. The second-order valence-corrected chi connectivity index (χ2v) is 13.1. The number of aryl methyl sites for hydroxylation is 1. The van der Waals surface area contributed by atoms with Gasteiger partial charge in [0.2, 0.25) is 0 Å². The highest BCUT2D eigenvalue weighted by Gasteiger charge is 2.16. The van der Waals surface area contributed by atoms with Gasteiger partial charge in [0, 0.05) is 25.0 Å². The zero-order chi connectivity index (χ0) is 18.7. The lowest BCUT2D eigenvalue weighted by molar-refractivity contribution is 0.237. The van der Waals surface area contributed by atoms with Gasteiger partial charge in [-0.25, -0.2) is 9.97 Å². The van der Waals surface area contributed by atoms with E-state index < -0.39 is 8.07 Å². The monoisotopic (exact) mass is 389 g/mol. The minimum absolute atomic E-state index is 0.544. The second kappa shape index (κ2) is 7.99. The molecular weight excluding hydrogens is 362 g/mol. The van der Waals surface area contributed by atoms with Gasteiger partial charge in [-0.05, 0) is 32.9 Å². The van der Waals surface area contributed by atoms with Gasteiger partial charge < -0.3 is 10.2 Å². The van der Waals surface area contributed by atoms with Crippen LogP contribution in [-0.2, 0) is 0 Å². The fraction of sp³-hybridized carbons (Fsp3) is 0.579. The minimum atomic E-state index is -1.50. The Hall–Kier alpha value is -1.55. The van der Waals surface area contributed by atoms with Crippen LogP contribution in [0.25, 0.3) is 5.65 Å². The van der Waals surface area contributed by atoms with Crippen LogP contribution in [0.4, 0.5) is 5.82 Å². The number of halogens is 1. The first-order valence-corrected chi connectivity index (χ1v) is 13.3. The van der Waals surface area contributed by atoms with E-state index in [4.69, 9.17) is 16.6 Å². The molecule has 1 saturated heterocycles. The number of rotatable bonds is 4. The number of nitrogens with zero attached hydrogens (tertiary/aromatic N) is 4. The summed E-state index contributed by atoms with van der Waals surface area (Å²) in [6.45, 7) is 12.9. The lowest BCUT2D eigenvalue weighted by Crippen LogP contribution is -2.33. The zero-order valence-electron chi connectivity index (χ0n) is 16.2. The molecule has 0 radical (unpaired) electrons. The Morgan fingerprint density at radius 2 is 1.96 bits per heavy atom. The molecule has 26 heavy (non-hydrogen) atoms. The molecule has 7 heteroatoms. The highest BCUT2D eigenvalue weighted by Crippen LogP contribution is 2.23. The Kier molecular flexibility index (Phi) is 5.91. The van der Waals surface area contributed by atoms with E-state index in [1.54, 1.807) is 0 Å². The maximum Gasteiger partial charge on any atom is 0.181 e. The smallest absolute Gasteiger partial charge is 0.181 e. The number of hydrogen-bond donors (Lipinski definition) is 1. The average Bonchev–Trinajstić information content (AvgIpc) is 2.98. The van der Waals surface area contributed by atoms with E-state index in [1.165, 1.54) is 32.4 Å². The third-order valence-corrected chi connectivity index (χ3v) is 5.71. The van der Waals surface area contributed by atoms with E-state index in [1.807, 2.05) is 17.5 Å². The first-order chi connectivity index (χ1) is 12.3. The molecule has 0 aliphatic carbocycles. The van der Waals surface area contributed by atoms with Crippen LogP contribution in [0.3, 0.4) is 0 Å². The Bertz CT molecular complexity index is 837. The molecule has 2 aromatic heterocycles.